The van der Waals surface area contributed by atoms with Crippen LogP contribution in [0.5, 0.6) is 5.75 Å². The minimum atomic E-state index is -0.454. The van der Waals surface area contributed by atoms with Crippen LogP contribution in [0.1, 0.15) is 44.2 Å². The molecular weight excluding hydrogens is 245 g/mol. The van der Waals surface area contributed by atoms with E-state index >= 15 is 0 Å². The van der Waals surface area contributed by atoms with E-state index in [1.54, 1.807) is 18.2 Å². The third-order valence-electron chi connectivity index (χ3n) is 4.00. The van der Waals surface area contributed by atoms with Gasteiger partial charge in [0.2, 0.25) is 0 Å². The lowest BCUT2D eigenvalue weighted by molar-refractivity contribution is -0.0543. The number of hydrogen-bond acceptors (Lipinski definition) is 3. The van der Waals surface area contributed by atoms with Crippen LogP contribution in [0.15, 0.2) is 18.2 Å². The number of halogens is 1. The minimum Gasteiger partial charge on any atom is -0.494 e. The highest BCUT2D eigenvalue weighted by Gasteiger charge is 2.42. The lowest BCUT2D eigenvalue weighted by Gasteiger charge is -2.35. The molecule has 1 aromatic rings. The van der Waals surface area contributed by atoms with Crippen molar-refractivity contribution in [3.63, 3.8) is 0 Å². The molecule has 0 aliphatic heterocycles. The molecule has 106 valence electrons. The van der Waals surface area contributed by atoms with Gasteiger partial charge in [0, 0.05) is 12.2 Å². The second kappa shape index (κ2) is 5.88. The van der Waals surface area contributed by atoms with E-state index in [1.165, 1.54) is 7.11 Å². The van der Waals surface area contributed by atoms with Crippen molar-refractivity contribution in [2.24, 2.45) is 5.73 Å². The predicted molar refractivity (Wildman–Crippen MR) is 72.7 cm³/mol. The summed E-state index contributed by atoms with van der Waals surface area (Å²) in [5.41, 5.74) is 6.38. The fraction of sp³-hybridized carbons (Fsp3) is 0.600. The summed E-state index contributed by atoms with van der Waals surface area (Å²) in [7, 11) is 1.46. The third kappa shape index (κ3) is 2.60. The summed E-state index contributed by atoms with van der Waals surface area (Å²) >= 11 is 0. The first-order valence-corrected chi connectivity index (χ1v) is 6.86. The average molecular weight is 267 g/mol. The van der Waals surface area contributed by atoms with Crippen molar-refractivity contribution in [2.75, 3.05) is 13.7 Å². The van der Waals surface area contributed by atoms with Crippen LogP contribution in [0.2, 0.25) is 0 Å². The van der Waals surface area contributed by atoms with Gasteiger partial charge in [0.05, 0.1) is 18.8 Å². The van der Waals surface area contributed by atoms with E-state index in [0.29, 0.717) is 12.2 Å². The molecule has 0 radical (unpaired) electrons. The van der Waals surface area contributed by atoms with Crippen LogP contribution in [0.4, 0.5) is 4.39 Å². The topological polar surface area (TPSA) is 44.5 Å². The van der Waals surface area contributed by atoms with Crippen molar-refractivity contribution in [3.8, 4) is 5.75 Å². The van der Waals surface area contributed by atoms with Crippen LogP contribution in [-0.4, -0.2) is 19.3 Å². The SMILES string of the molecule is CCOC1(C(N)c2cccc(OC)c2F)CCCC1. The summed E-state index contributed by atoms with van der Waals surface area (Å²) in [6.45, 7) is 2.55. The van der Waals surface area contributed by atoms with E-state index in [2.05, 4.69) is 0 Å². The van der Waals surface area contributed by atoms with Gasteiger partial charge in [-0.1, -0.05) is 25.0 Å². The molecule has 1 aliphatic rings. The number of hydrogen-bond donors (Lipinski definition) is 1. The highest BCUT2D eigenvalue weighted by atomic mass is 19.1. The van der Waals surface area contributed by atoms with Gasteiger partial charge >= 0.3 is 0 Å². The molecule has 0 spiro atoms. The second-order valence-electron chi connectivity index (χ2n) is 5.05. The quantitative estimate of drug-likeness (QED) is 0.891. The average Bonchev–Trinajstić information content (AvgIpc) is 2.88. The van der Waals surface area contributed by atoms with Gasteiger partial charge in [-0.25, -0.2) is 4.39 Å². The summed E-state index contributed by atoms with van der Waals surface area (Å²) in [6.07, 6.45) is 3.94. The Hall–Kier alpha value is -1.13. The first-order chi connectivity index (χ1) is 9.14. The van der Waals surface area contributed by atoms with Crippen LogP contribution in [-0.2, 0) is 4.74 Å². The Kier molecular flexibility index (Phi) is 4.42. The van der Waals surface area contributed by atoms with Gasteiger partial charge in [0.25, 0.3) is 0 Å². The van der Waals surface area contributed by atoms with E-state index in [0.717, 1.165) is 25.7 Å². The Labute approximate surface area is 113 Å². The fourth-order valence-electron chi connectivity index (χ4n) is 3.02. The Bertz CT molecular complexity index is 430. The maximum absolute atomic E-state index is 14.3. The molecule has 0 heterocycles. The highest BCUT2D eigenvalue weighted by molar-refractivity contribution is 5.34. The molecule has 1 unspecified atom stereocenters. The van der Waals surface area contributed by atoms with Crippen LogP contribution in [0.3, 0.4) is 0 Å². The molecule has 19 heavy (non-hydrogen) atoms. The maximum Gasteiger partial charge on any atom is 0.169 e. The molecular formula is C15H22FNO2. The summed E-state index contributed by atoms with van der Waals surface area (Å²) < 4.78 is 25.2. The van der Waals surface area contributed by atoms with E-state index in [9.17, 15) is 4.39 Å². The van der Waals surface area contributed by atoms with E-state index < -0.39 is 11.6 Å². The largest absolute Gasteiger partial charge is 0.494 e. The number of rotatable bonds is 5. The zero-order chi connectivity index (χ0) is 13.9. The standard InChI is InChI=1S/C15H22FNO2/c1-3-19-15(9-4-5-10-15)14(17)11-7-6-8-12(18-2)13(11)16/h6-8,14H,3-5,9-10,17H2,1-2H3. The molecule has 0 saturated heterocycles. The van der Waals surface area contributed by atoms with Gasteiger partial charge in [0.15, 0.2) is 11.6 Å². The Morgan fingerprint density at radius 1 is 1.37 bits per heavy atom. The van der Waals surface area contributed by atoms with Gasteiger partial charge in [-0.15, -0.1) is 0 Å². The van der Waals surface area contributed by atoms with Crippen molar-refractivity contribution < 1.29 is 13.9 Å². The Balaban J connectivity index is 2.34. The van der Waals surface area contributed by atoms with Crippen LogP contribution >= 0.6 is 0 Å². The summed E-state index contributed by atoms with van der Waals surface area (Å²) in [6, 6.07) is 4.64. The van der Waals surface area contributed by atoms with Crippen LogP contribution in [0, 0.1) is 5.82 Å². The first-order valence-electron chi connectivity index (χ1n) is 6.86. The van der Waals surface area contributed by atoms with Crippen molar-refractivity contribution in [2.45, 2.75) is 44.2 Å². The van der Waals surface area contributed by atoms with Gasteiger partial charge in [0.1, 0.15) is 0 Å². The first kappa shape index (κ1) is 14.3. The zero-order valence-corrected chi connectivity index (χ0v) is 11.6. The molecule has 2 N–H and O–H groups in total. The van der Waals surface area contributed by atoms with Crippen LogP contribution in [0.25, 0.3) is 0 Å². The van der Waals surface area contributed by atoms with E-state index in [1.807, 2.05) is 6.92 Å². The lowest BCUT2D eigenvalue weighted by Crippen LogP contribution is -2.42. The molecule has 1 aliphatic carbocycles. The Morgan fingerprint density at radius 2 is 2.05 bits per heavy atom. The number of nitrogens with two attached hydrogens (primary N) is 1. The van der Waals surface area contributed by atoms with E-state index in [4.69, 9.17) is 15.2 Å². The van der Waals surface area contributed by atoms with Gasteiger partial charge in [-0.2, -0.15) is 0 Å². The molecule has 4 heteroatoms. The molecule has 1 saturated carbocycles. The summed E-state index contributed by atoms with van der Waals surface area (Å²) in [4.78, 5) is 0. The molecule has 1 aromatic carbocycles. The van der Waals surface area contributed by atoms with Gasteiger partial charge in [-0.3, -0.25) is 0 Å². The molecule has 3 nitrogen and oxygen atoms in total. The zero-order valence-electron chi connectivity index (χ0n) is 11.6. The van der Waals surface area contributed by atoms with Crippen molar-refractivity contribution in [1.29, 1.82) is 0 Å². The van der Waals surface area contributed by atoms with E-state index in [-0.39, 0.29) is 11.6 Å². The van der Waals surface area contributed by atoms with Gasteiger partial charge in [-0.05, 0) is 25.8 Å². The van der Waals surface area contributed by atoms with Crippen LogP contribution < -0.4 is 10.5 Å². The fourth-order valence-corrected chi connectivity index (χ4v) is 3.02. The number of ether oxygens (including phenoxy) is 2. The molecule has 0 amide bonds. The molecule has 1 fully saturated rings. The maximum atomic E-state index is 14.3. The third-order valence-corrected chi connectivity index (χ3v) is 4.00. The number of methoxy groups -OCH3 is 1. The minimum absolute atomic E-state index is 0.234. The van der Waals surface area contributed by atoms with Crippen molar-refractivity contribution in [1.82, 2.24) is 0 Å². The monoisotopic (exact) mass is 267 g/mol. The second-order valence-corrected chi connectivity index (χ2v) is 5.05. The van der Waals surface area contributed by atoms with Crippen molar-refractivity contribution >= 4 is 0 Å². The number of benzene rings is 1. The summed E-state index contributed by atoms with van der Waals surface area (Å²) in [5.74, 6) is -0.138. The Morgan fingerprint density at radius 3 is 2.63 bits per heavy atom. The van der Waals surface area contributed by atoms with Crippen molar-refractivity contribution in [3.05, 3.63) is 29.6 Å². The highest BCUT2D eigenvalue weighted by Crippen LogP contribution is 2.43. The predicted octanol–water partition coefficient (Wildman–Crippen LogP) is 3.18. The molecule has 0 aromatic heterocycles. The molecule has 2 rings (SSSR count). The normalized spacial score (nSPS) is 19.4. The van der Waals surface area contributed by atoms with Gasteiger partial charge < -0.3 is 15.2 Å². The lowest BCUT2D eigenvalue weighted by atomic mass is 9.87. The smallest absolute Gasteiger partial charge is 0.169 e. The molecule has 0 bridgehead atoms. The molecule has 1 atom stereocenters. The summed E-state index contributed by atoms with van der Waals surface area (Å²) in [5, 5.41) is 0.